The molecule has 1 atom stereocenters. The molecule has 0 N–H and O–H groups in total. The van der Waals surface area contributed by atoms with E-state index in [1.807, 2.05) is 20.8 Å². The van der Waals surface area contributed by atoms with Crippen molar-refractivity contribution in [2.24, 2.45) is 5.16 Å². The maximum atomic E-state index is 15.4. The first-order chi connectivity index (χ1) is 20.1. The molecule has 4 rings (SSSR count). The van der Waals surface area contributed by atoms with E-state index in [1.54, 1.807) is 66.7 Å². The zero-order valence-electron chi connectivity index (χ0n) is 24.3. The van der Waals surface area contributed by atoms with Gasteiger partial charge in [0.25, 0.3) is 0 Å². The van der Waals surface area contributed by atoms with E-state index in [2.05, 4.69) is 9.44 Å². The molecule has 0 amide bonds. The number of fused-ring (bicyclic) bond motifs is 1. The average Bonchev–Trinajstić information content (AvgIpc) is 3.32. The van der Waals surface area contributed by atoms with Gasteiger partial charge in [0, 0.05) is 36.8 Å². The number of ether oxygens (including phenoxy) is 2. The number of benzene rings is 3. The minimum absolute atomic E-state index is 0.0713. The van der Waals surface area contributed by atoms with E-state index in [4.69, 9.17) is 13.7 Å². The zero-order valence-corrected chi connectivity index (χ0v) is 26.0. The highest BCUT2D eigenvalue weighted by Crippen LogP contribution is 2.39. The Bertz CT molecular complexity index is 1690. The van der Waals surface area contributed by atoms with Gasteiger partial charge in [0.2, 0.25) is 0 Å². The Kier molecular flexibility index (Phi) is 9.31. The summed E-state index contributed by atoms with van der Waals surface area (Å²) in [5, 5.41) is 3.60. The van der Waals surface area contributed by atoms with Gasteiger partial charge in [-0.1, -0.05) is 80.5 Å². The lowest BCUT2D eigenvalue weighted by atomic mass is 9.85. The Morgan fingerprint density at radius 2 is 1.40 bits per heavy atom. The molecule has 0 saturated heterocycles. The largest absolute Gasteiger partial charge is 0.519 e. The van der Waals surface area contributed by atoms with E-state index in [1.165, 1.54) is 14.2 Å². The summed E-state index contributed by atoms with van der Waals surface area (Å²) in [7, 11) is -9.76. The van der Waals surface area contributed by atoms with Crippen LogP contribution in [0.15, 0.2) is 71.9 Å². The molecule has 43 heavy (non-hydrogen) atoms. The number of rotatable bonds is 11. The SMILES string of the molecule is COCc1cc(C(C)(C)C)cc(COC)c1OS(=O)(=O)C(F)(F)S(=O)(=O)O/N=C1/c2ccccc2CC1c1ccccc1. The minimum Gasteiger partial charge on any atom is -0.380 e. The summed E-state index contributed by atoms with van der Waals surface area (Å²) >= 11 is 0. The van der Waals surface area contributed by atoms with Crippen LogP contribution in [0.5, 0.6) is 5.75 Å². The third kappa shape index (κ3) is 6.59. The van der Waals surface area contributed by atoms with Crippen molar-refractivity contribution in [1.82, 2.24) is 0 Å². The number of nitrogens with zero attached hydrogens (tertiary/aromatic N) is 1. The molecule has 0 bridgehead atoms. The highest BCUT2D eigenvalue weighted by Gasteiger charge is 2.63. The van der Waals surface area contributed by atoms with Crippen molar-refractivity contribution in [2.75, 3.05) is 14.2 Å². The number of hydrogen-bond acceptors (Lipinski definition) is 9. The van der Waals surface area contributed by atoms with Crippen molar-refractivity contribution >= 4 is 25.9 Å². The third-order valence-electron chi connectivity index (χ3n) is 6.97. The van der Waals surface area contributed by atoms with Gasteiger partial charge in [0.05, 0.1) is 18.9 Å². The quantitative estimate of drug-likeness (QED) is 0.196. The first-order valence-corrected chi connectivity index (χ1v) is 16.0. The summed E-state index contributed by atoms with van der Waals surface area (Å²) in [6.07, 6.45) is 0.412. The van der Waals surface area contributed by atoms with Crippen LogP contribution in [0.2, 0.25) is 0 Å². The number of methoxy groups -OCH3 is 2. The van der Waals surface area contributed by atoms with Crippen LogP contribution in [0, 0.1) is 0 Å². The van der Waals surface area contributed by atoms with E-state index in [0.717, 1.165) is 16.7 Å². The molecule has 0 fully saturated rings. The summed E-state index contributed by atoms with van der Waals surface area (Å²) in [5.74, 6) is -1.03. The third-order valence-corrected chi connectivity index (χ3v) is 10.0. The van der Waals surface area contributed by atoms with Crippen LogP contribution < -0.4 is 4.18 Å². The molecule has 1 aliphatic carbocycles. The lowest BCUT2D eigenvalue weighted by Crippen LogP contribution is -2.41. The average molecular weight is 638 g/mol. The lowest BCUT2D eigenvalue weighted by Gasteiger charge is -2.24. The zero-order chi connectivity index (χ0) is 31.6. The van der Waals surface area contributed by atoms with Gasteiger partial charge in [0.15, 0.2) is 5.75 Å². The maximum Gasteiger partial charge on any atom is 0.519 e. The van der Waals surface area contributed by atoms with Crippen LogP contribution in [0.25, 0.3) is 0 Å². The van der Waals surface area contributed by atoms with E-state index >= 15 is 8.78 Å². The van der Waals surface area contributed by atoms with E-state index in [-0.39, 0.29) is 30.1 Å². The Morgan fingerprint density at radius 1 is 0.837 bits per heavy atom. The summed E-state index contributed by atoms with van der Waals surface area (Å²) in [5.41, 5.74) is 2.63. The molecule has 0 aromatic heterocycles. The summed E-state index contributed by atoms with van der Waals surface area (Å²) in [6, 6.07) is 18.9. The number of halogens is 2. The van der Waals surface area contributed by atoms with Crippen molar-refractivity contribution in [3.8, 4) is 5.75 Å². The van der Waals surface area contributed by atoms with Crippen LogP contribution in [0.1, 0.15) is 60.1 Å². The fraction of sp³-hybridized carbons (Fsp3) is 0.367. The minimum atomic E-state index is -6.21. The van der Waals surface area contributed by atoms with Gasteiger partial charge in [-0.25, -0.2) is 0 Å². The molecule has 3 aromatic carbocycles. The second kappa shape index (κ2) is 12.3. The van der Waals surface area contributed by atoms with Crippen molar-refractivity contribution in [1.29, 1.82) is 0 Å². The molecular formula is C30H33F2NO8S2. The Hall–Kier alpha value is -3.39. The van der Waals surface area contributed by atoms with Crippen LogP contribution in [-0.4, -0.2) is 41.4 Å². The summed E-state index contributed by atoms with van der Waals surface area (Å²) < 4.78 is 96.4. The highest BCUT2D eigenvalue weighted by molar-refractivity contribution is 8.05. The Morgan fingerprint density at radius 3 is 1.95 bits per heavy atom. The van der Waals surface area contributed by atoms with Gasteiger partial charge in [-0.3, -0.25) is 4.28 Å². The second-order valence-corrected chi connectivity index (χ2v) is 14.5. The van der Waals surface area contributed by atoms with Crippen LogP contribution >= 0.6 is 0 Å². The summed E-state index contributed by atoms with van der Waals surface area (Å²) in [4.78, 5) is 0. The standard InChI is InChI=1S/C30H33F2NO8S2/c1-29(2,3)24-15-22(18-38-4)28(23(16-24)19-39-5)40-42(34,35)30(31,32)43(36,37)41-33-27-25-14-10-9-13-21(25)17-26(27)20-11-7-6-8-12-20/h6-16,26H,17-19H2,1-5H3/b33-27-. The molecule has 3 aromatic rings. The van der Waals surface area contributed by atoms with Crippen molar-refractivity contribution < 1.29 is 43.6 Å². The molecule has 0 saturated carbocycles. The van der Waals surface area contributed by atoms with Crippen LogP contribution in [0.4, 0.5) is 8.78 Å². The molecule has 9 nitrogen and oxygen atoms in total. The van der Waals surface area contributed by atoms with Crippen molar-refractivity contribution in [3.05, 3.63) is 100 Å². The van der Waals surface area contributed by atoms with Gasteiger partial charge in [-0.2, -0.15) is 25.6 Å². The number of alkyl halides is 2. The Balaban J connectivity index is 1.71. The molecule has 1 aliphatic rings. The lowest BCUT2D eigenvalue weighted by molar-refractivity contribution is 0.142. The molecule has 1 unspecified atom stereocenters. The Labute approximate surface area is 250 Å². The number of oxime groups is 1. The van der Waals surface area contributed by atoms with Crippen LogP contribution in [0.3, 0.4) is 0 Å². The summed E-state index contributed by atoms with van der Waals surface area (Å²) in [6.45, 7) is 5.27. The second-order valence-electron chi connectivity index (χ2n) is 11.1. The molecule has 0 spiro atoms. The molecule has 232 valence electrons. The molecule has 0 heterocycles. The van der Waals surface area contributed by atoms with Gasteiger partial charge in [-0.15, -0.1) is 0 Å². The van der Waals surface area contributed by atoms with E-state index in [9.17, 15) is 16.8 Å². The van der Waals surface area contributed by atoms with E-state index < -0.39 is 41.9 Å². The normalized spacial score (nSPS) is 16.7. The molecular weight excluding hydrogens is 604 g/mol. The predicted octanol–water partition coefficient (Wildman–Crippen LogP) is 5.63. The van der Waals surface area contributed by atoms with Crippen molar-refractivity contribution in [3.63, 3.8) is 0 Å². The van der Waals surface area contributed by atoms with Gasteiger partial charge in [0.1, 0.15) is 0 Å². The van der Waals surface area contributed by atoms with Gasteiger partial charge in [-0.05, 0) is 40.7 Å². The van der Waals surface area contributed by atoms with Gasteiger partial charge >= 0.3 is 24.8 Å². The maximum absolute atomic E-state index is 15.4. The smallest absolute Gasteiger partial charge is 0.380 e. The van der Waals surface area contributed by atoms with Crippen LogP contribution in [-0.2, 0) is 59.0 Å². The topological polar surface area (TPSA) is 118 Å². The molecule has 0 radical (unpaired) electrons. The monoisotopic (exact) mass is 637 g/mol. The first kappa shape index (κ1) is 32.5. The first-order valence-electron chi connectivity index (χ1n) is 13.2. The number of hydrogen-bond donors (Lipinski definition) is 0. The van der Waals surface area contributed by atoms with E-state index in [0.29, 0.717) is 12.0 Å². The fourth-order valence-corrected chi connectivity index (χ4v) is 6.75. The molecule has 0 aliphatic heterocycles. The van der Waals surface area contributed by atoms with Crippen molar-refractivity contribution in [2.45, 2.75) is 56.3 Å². The fourth-order valence-electron chi connectivity index (χ4n) is 4.76. The predicted molar refractivity (Wildman–Crippen MR) is 157 cm³/mol. The highest BCUT2D eigenvalue weighted by atomic mass is 32.3. The van der Waals surface area contributed by atoms with Gasteiger partial charge < -0.3 is 13.7 Å². The molecule has 13 heteroatoms.